The average Bonchev–Trinajstić information content (AvgIpc) is 2.59. The third-order valence-corrected chi connectivity index (χ3v) is 7.70. The zero-order chi connectivity index (χ0) is 21.5. The van der Waals surface area contributed by atoms with Gasteiger partial charge in [0, 0.05) is 23.1 Å². The highest BCUT2D eigenvalue weighted by Crippen LogP contribution is 2.68. The number of sulfone groups is 1. The maximum Gasteiger partial charge on any atom is 0.225 e. The Morgan fingerprint density at radius 3 is 2.31 bits per heavy atom. The van der Waals surface area contributed by atoms with Crippen molar-refractivity contribution in [3.63, 3.8) is 0 Å². The maximum absolute atomic E-state index is 12.8. The normalized spacial score (nSPS) is 26.3. The highest BCUT2D eigenvalue weighted by Gasteiger charge is 2.69. The van der Waals surface area contributed by atoms with E-state index in [0.717, 1.165) is 0 Å². The van der Waals surface area contributed by atoms with E-state index in [2.05, 4.69) is 5.32 Å². The number of carbonyl (C=O) groups is 1. The van der Waals surface area contributed by atoms with Gasteiger partial charge < -0.3 is 15.8 Å². The molecule has 3 saturated carbocycles. The second-order valence-electron chi connectivity index (χ2n) is 9.51. The van der Waals surface area contributed by atoms with Gasteiger partial charge in [-0.25, -0.2) is 12.8 Å². The van der Waals surface area contributed by atoms with E-state index in [0.29, 0.717) is 36.9 Å². The van der Waals surface area contributed by atoms with Crippen molar-refractivity contribution in [2.45, 2.75) is 50.5 Å². The summed E-state index contributed by atoms with van der Waals surface area (Å²) < 4.78 is 43.6. The third-order valence-electron chi connectivity index (χ3n) is 5.72. The van der Waals surface area contributed by atoms with Crippen LogP contribution in [0.2, 0.25) is 0 Å². The van der Waals surface area contributed by atoms with Crippen molar-refractivity contribution in [2.24, 2.45) is 16.6 Å². The molecular formula is C21H29FN2O4S. The van der Waals surface area contributed by atoms with Crippen molar-refractivity contribution >= 4 is 15.7 Å². The van der Waals surface area contributed by atoms with Crippen LogP contribution in [-0.2, 0) is 14.6 Å². The van der Waals surface area contributed by atoms with Gasteiger partial charge in [-0.3, -0.25) is 4.79 Å². The smallest absolute Gasteiger partial charge is 0.225 e. The molecule has 8 heteroatoms. The minimum absolute atomic E-state index is 0.00430. The van der Waals surface area contributed by atoms with E-state index >= 15 is 0 Å². The highest BCUT2D eigenvalue weighted by molar-refractivity contribution is 7.91. The molecule has 0 aromatic heterocycles. The summed E-state index contributed by atoms with van der Waals surface area (Å²) in [5, 5.41) is 3.10. The van der Waals surface area contributed by atoms with E-state index in [9.17, 15) is 17.6 Å². The van der Waals surface area contributed by atoms with Crippen molar-refractivity contribution < 1.29 is 22.3 Å². The van der Waals surface area contributed by atoms with E-state index in [-0.39, 0.29) is 40.7 Å². The molecular weight excluding hydrogens is 395 g/mol. The molecule has 3 fully saturated rings. The fourth-order valence-corrected chi connectivity index (χ4v) is 6.08. The van der Waals surface area contributed by atoms with E-state index in [1.165, 1.54) is 12.1 Å². The SMILES string of the molecule is CC(C)(C)C(=O)NC12CC(CS(=O)(=O)c3ccc(OCC(=CF)CN)cc3)(C1)C2. The summed E-state index contributed by atoms with van der Waals surface area (Å²) in [7, 11) is -3.44. The molecule has 1 amide bonds. The van der Waals surface area contributed by atoms with Crippen LogP contribution in [-0.4, -0.2) is 38.8 Å². The Kier molecular flexibility index (Phi) is 5.55. The Balaban J connectivity index is 1.56. The zero-order valence-corrected chi connectivity index (χ0v) is 17.9. The Morgan fingerprint density at radius 2 is 1.83 bits per heavy atom. The van der Waals surface area contributed by atoms with Gasteiger partial charge in [0.1, 0.15) is 12.4 Å². The Morgan fingerprint density at radius 1 is 1.24 bits per heavy atom. The molecule has 0 aliphatic heterocycles. The van der Waals surface area contributed by atoms with Crippen molar-refractivity contribution in [1.82, 2.24) is 5.32 Å². The molecule has 0 unspecified atom stereocenters. The van der Waals surface area contributed by atoms with E-state index in [1.54, 1.807) is 12.1 Å². The molecule has 29 heavy (non-hydrogen) atoms. The number of rotatable bonds is 8. The third kappa shape index (κ3) is 4.48. The molecule has 6 nitrogen and oxygen atoms in total. The summed E-state index contributed by atoms with van der Waals surface area (Å²) in [6.07, 6.45) is 2.54. The molecule has 3 aliphatic rings. The number of hydrogen-bond acceptors (Lipinski definition) is 5. The van der Waals surface area contributed by atoms with Gasteiger partial charge in [0.15, 0.2) is 9.84 Å². The lowest BCUT2D eigenvalue weighted by atomic mass is 9.40. The van der Waals surface area contributed by atoms with Crippen LogP contribution in [0.1, 0.15) is 40.0 Å². The van der Waals surface area contributed by atoms with E-state index in [4.69, 9.17) is 10.5 Å². The Bertz CT molecular complexity index is 897. The molecule has 4 rings (SSSR count). The summed E-state index contributed by atoms with van der Waals surface area (Å²) in [5.74, 6) is 0.533. The lowest BCUT2D eigenvalue weighted by molar-refractivity contribution is -0.160. The first-order valence-electron chi connectivity index (χ1n) is 9.69. The summed E-state index contributed by atoms with van der Waals surface area (Å²) >= 11 is 0. The van der Waals surface area contributed by atoms with Gasteiger partial charge in [0.05, 0.1) is 17.0 Å². The van der Waals surface area contributed by atoms with Crippen molar-refractivity contribution in [3.8, 4) is 5.75 Å². The number of nitrogens with two attached hydrogens (primary N) is 1. The average molecular weight is 425 g/mol. The van der Waals surface area contributed by atoms with Crippen LogP contribution in [0.5, 0.6) is 5.75 Å². The first kappa shape index (κ1) is 21.8. The van der Waals surface area contributed by atoms with Crippen LogP contribution >= 0.6 is 0 Å². The predicted molar refractivity (Wildman–Crippen MR) is 109 cm³/mol. The van der Waals surface area contributed by atoms with Crippen molar-refractivity contribution in [1.29, 1.82) is 0 Å². The zero-order valence-electron chi connectivity index (χ0n) is 17.1. The van der Waals surface area contributed by atoms with Gasteiger partial charge in [0.25, 0.3) is 0 Å². The second-order valence-corrected chi connectivity index (χ2v) is 11.5. The quantitative estimate of drug-likeness (QED) is 0.669. The molecule has 0 heterocycles. The van der Waals surface area contributed by atoms with E-state index in [1.807, 2.05) is 20.8 Å². The van der Waals surface area contributed by atoms with Gasteiger partial charge in [-0.1, -0.05) is 20.8 Å². The Labute approximate surface area is 171 Å². The minimum Gasteiger partial charge on any atom is -0.489 e. The monoisotopic (exact) mass is 424 g/mol. The van der Waals surface area contributed by atoms with Crippen LogP contribution in [0, 0.1) is 10.8 Å². The molecule has 0 spiro atoms. The predicted octanol–water partition coefficient (Wildman–Crippen LogP) is 2.74. The van der Waals surface area contributed by atoms with Crippen molar-refractivity contribution in [2.75, 3.05) is 18.9 Å². The number of nitrogens with one attached hydrogen (secondary N) is 1. The number of benzene rings is 1. The molecule has 0 saturated heterocycles. The second kappa shape index (κ2) is 7.40. The van der Waals surface area contributed by atoms with E-state index < -0.39 is 15.3 Å². The standard InChI is InChI=1S/C21H29FN2O4S/c1-19(2,3)18(25)24-21-11-20(12-21,13-21)14-29(26,27)17-6-4-16(5-7-17)28-10-15(8-22)9-23/h4-8H,9-14,23H2,1-3H3,(H,24,25). The summed E-state index contributed by atoms with van der Waals surface area (Å²) in [6, 6.07) is 6.14. The number of halogens is 1. The maximum atomic E-state index is 12.8. The van der Waals surface area contributed by atoms with Crippen molar-refractivity contribution in [3.05, 3.63) is 36.2 Å². The number of amides is 1. The molecule has 3 aliphatic carbocycles. The molecule has 1 aromatic rings. The van der Waals surface area contributed by atoms with Gasteiger partial charge in [-0.05, 0) is 48.9 Å². The molecule has 0 radical (unpaired) electrons. The minimum atomic E-state index is -3.44. The van der Waals surface area contributed by atoms with Crippen LogP contribution in [0.4, 0.5) is 4.39 Å². The molecule has 2 bridgehead atoms. The molecule has 0 atom stereocenters. The van der Waals surface area contributed by atoms with Gasteiger partial charge in [-0.15, -0.1) is 0 Å². The van der Waals surface area contributed by atoms with Gasteiger partial charge in [-0.2, -0.15) is 0 Å². The largest absolute Gasteiger partial charge is 0.489 e. The Hall–Kier alpha value is -1.93. The lowest BCUT2D eigenvalue weighted by Gasteiger charge is -2.70. The van der Waals surface area contributed by atoms with Crippen LogP contribution in [0.15, 0.2) is 41.1 Å². The molecule has 3 N–H and O–H groups in total. The molecule has 1 aromatic carbocycles. The number of carbonyl (C=O) groups excluding carboxylic acids is 1. The van der Waals surface area contributed by atoms with Gasteiger partial charge in [0.2, 0.25) is 5.91 Å². The van der Waals surface area contributed by atoms with Crippen LogP contribution < -0.4 is 15.8 Å². The van der Waals surface area contributed by atoms with Crippen LogP contribution in [0.25, 0.3) is 0 Å². The summed E-state index contributed by atoms with van der Waals surface area (Å²) in [4.78, 5) is 12.4. The first-order chi connectivity index (χ1) is 13.4. The molecule has 160 valence electrons. The summed E-state index contributed by atoms with van der Waals surface area (Å²) in [5.41, 5.74) is 4.78. The highest BCUT2D eigenvalue weighted by atomic mass is 32.2. The summed E-state index contributed by atoms with van der Waals surface area (Å²) in [6.45, 7) is 5.68. The topological polar surface area (TPSA) is 98.5 Å². The van der Waals surface area contributed by atoms with Gasteiger partial charge >= 0.3 is 0 Å². The van der Waals surface area contributed by atoms with Crippen LogP contribution in [0.3, 0.4) is 0 Å². The number of hydrogen-bond donors (Lipinski definition) is 2. The first-order valence-corrected chi connectivity index (χ1v) is 11.3. The fourth-order valence-electron chi connectivity index (χ4n) is 4.25. The number of ether oxygens (including phenoxy) is 1. The lowest BCUT2D eigenvalue weighted by Crippen LogP contribution is -2.76. The fraction of sp³-hybridized carbons (Fsp3) is 0.571.